The number of ether oxygens (including phenoxy) is 2. The van der Waals surface area contributed by atoms with E-state index in [0.29, 0.717) is 57.8 Å². The summed E-state index contributed by atoms with van der Waals surface area (Å²) < 4.78 is 58.9. The molecule has 0 saturated carbocycles. The highest BCUT2D eigenvalue weighted by atomic mass is 19.1. The molecule has 0 bridgehead atoms. The highest BCUT2D eigenvalue weighted by molar-refractivity contribution is 5.75. The Kier molecular flexibility index (Phi) is 11.3. The Balaban J connectivity index is 1.45. The van der Waals surface area contributed by atoms with Crippen molar-refractivity contribution < 1.29 is 37.3 Å². The number of imidazole rings is 1. The predicted octanol–water partition coefficient (Wildman–Crippen LogP) is 6.43. The van der Waals surface area contributed by atoms with Gasteiger partial charge in [-0.1, -0.05) is 30.3 Å². The summed E-state index contributed by atoms with van der Waals surface area (Å²) in [4.78, 5) is 37.4. The summed E-state index contributed by atoms with van der Waals surface area (Å²) in [7, 11) is 0. The zero-order valence-electron chi connectivity index (χ0n) is 29.5. The molecule has 1 unspecified atom stereocenters. The van der Waals surface area contributed by atoms with Crippen LogP contribution in [0.2, 0.25) is 0 Å². The maximum Gasteiger partial charge on any atom is 0.410 e. The van der Waals surface area contributed by atoms with E-state index in [-0.39, 0.29) is 49.4 Å². The molecule has 0 radical (unpaired) electrons. The smallest absolute Gasteiger partial charge is 0.410 e. The van der Waals surface area contributed by atoms with E-state index in [9.17, 15) is 19.1 Å². The van der Waals surface area contributed by atoms with E-state index in [1.807, 2.05) is 34.9 Å². The van der Waals surface area contributed by atoms with Gasteiger partial charge in [-0.05, 0) is 76.1 Å². The van der Waals surface area contributed by atoms with Crippen LogP contribution in [-0.4, -0.2) is 105 Å². The standard InChI is InChI=1S/C38H48F3N5O5/c1-38(2,3)51-37(49)45-20-27(32(41)23-45)21-46(36(48)43-15-7-10-29(47)22-43)34(26-13-16-50-17-14-26)35-42-33(30-18-28(39)11-12-31(30)40)24-44(35)19-25-8-5-4-6-9-25/h4-6,8-9,11-12,18,24,26-27,29,32,34,47H,7,10,13-17,19-23H2,1-3H3/t27-,29?,32-,34+/m0/s1. The molecule has 2 aromatic carbocycles. The maximum atomic E-state index is 16.0. The molecule has 51 heavy (non-hydrogen) atoms. The van der Waals surface area contributed by atoms with Crippen molar-refractivity contribution in [2.45, 2.75) is 76.9 Å². The summed E-state index contributed by atoms with van der Waals surface area (Å²) in [6.45, 7) is 6.83. The molecule has 3 amide bonds. The van der Waals surface area contributed by atoms with Crippen LogP contribution in [0.15, 0.2) is 54.7 Å². The maximum absolute atomic E-state index is 16.0. The molecule has 3 aliphatic rings. The van der Waals surface area contributed by atoms with E-state index in [0.717, 1.165) is 23.8 Å². The van der Waals surface area contributed by atoms with E-state index in [1.165, 1.54) is 4.90 Å². The van der Waals surface area contributed by atoms with Gasteiger partial charge in [0.1, 0.15) is 29.2 Å². The number of halogens is 3. The Morgan fingerprint density at radius 3 is 2.49 bits per heavy atom. The molecule has 0 spiro atoms. The van der Waals surface area contributed by atoms with Gasteiger partial charge in [-0.25, -0.2) is 27.7 Å². The largest absolute Gasteiger partial charge is 0.444 e. The van der Waals surface area contributed by atoms with Gasteiger partial charge < -0.3 is 33.8 Å². The predicted molar refractivity (Wildman–Crippen MR) is 185 cm³/mol. The quantitative estimate of drug-likeness (QED) is 0.289. The summed E-state index contributed by atoms with van der Waals surface area (Å²) in [5, 5.41) is 10.6. The number of hydrogen-bond acceptors (Lipinski definition) is 6. The molecular weight excluding hydrogens is 663 g/mol. The number of aliphatic hydroxyl groups excluding tert-OH is 1. The highest BCUT2D eigenvalue weighted by Gasteiger charge is 2.44. The van der Waals surface area contributed by atoms with Crippen molar-refractivity contribution in [2.24, 2.45) is 11.8 Å². The first-order valence-electron chi connectivity index (χ1n) is 17.9. The lowest BCUT2D eigenvalue weighted by Crippen LogP contribution is -2.53. The van der Waals surface area contributed by atoms with Gasteiger partial charge in [-0.2, -0.15) is 0 Å². The summed E-state index contributed by atoms with van der Waals surface area (Å²) >= 11 is 0. The van der Waals surface area contributed by atoms with Gasteiger partial charge in [0.2, 0.25) is 0 Å². The third-order valence-electron chi connectivity index (χ3n) is 9.88. The molecule has 0 aliphatic carbocycles. The summed E-state index contributed by atoms with van der Waals surface area (Å²) in [6.07, 6.45) is 1.25. The van der Waals surface area contributed by atoms with Crippen molar-refractivity contribution in [2.75, 3.05) is 45.9 Å². The van der Waals surface area contributed by atoms with Crippen LogP contribution in [0, 0.1) is 23.5 Å². The monoisotopic (exact) mass is 711 g/mol. The van der Waals surface area contributed by atoms with Gasteiger partial charge in [0, 0.05) is 63.6 Å². The second-order valence-electron chi connectivity index (χ2n) is 15.0. The SMILES string of the molecule is CC(C)(C)OC(=O)N1C[C@@H](CN(C(=O)N2CCCC(O)C2)[C@@H](c2nc(-c3cc(F)ccc3F)cn2Cc2ccccc2)C2CCOCC2)[C@@H](F)C1. The fourth-order valence-corrected chi connectivity index (χ4v) is 7.39. The number of piperidine rings is 1. The number of aromatic nitrogens is 2. The fourth-order valence-electron chi connectivity index (χ4n) is 7.39. The molecule has 1 aromatic heterocycles. The van der Waals surface area contributed by atoms with Crippen molar-refractivity contribution >= 4 is 12.1 Å². The molecule has 3 fully saturated rings. The first-order chi connectivity index (χ1) is 24.4. The molecule has 276 valence electrons. The number of amides is 3. The number of benzene rings is 2. The van der Waals surface area contributed by atoms with Crippen LogP contribution >= 0.6 is 0 Å². The van der Waals surface area contributed by atoms with E-state index in [2.05, 4.69) is 0 Å². The molecule has 4 heterocycles. The van der Waals surface area contributed by atoms with Gasteiger partial charge in [0.15, 0.2) is 0 Å². The van der Waals surface area contributed by atoms with Crippen LogP contribution in [0.1, 0.15) is 63.9 Å². The van der Waals surface area contributed by atoms with Gasteiger partial charge in [-0.15, -0.1) is 0 Å². The first kappa shape index (κ1) is 36.7. The Hall–Kier alpha value is -4.10. The number of rotatable bonds is 8. The Morgan fingerprint density at radius 1 is 1.04 bits per heavy atom. The van der Waals surface area contributed by atoms with Crippen LogP contribution in [0.5, 0.6) is 0 Å². The van der Waals surface area contributed by atoms with Crippen molar-refractivity contribution in [1.29, 1.82) is 0 Å². The van der Waals surface area contributed by atoms with Crippen molar-refractivity contribution in [3.05, 3.63) is 77.8 Å². The van der Waals surface area contributed by atoms with Crippen molar-refractivity contribution in [1.82, 2.24) is 24.3 Å². The van der Waals surface area contributed by atoms with Gasteiger partial charge in [0.25, 0.3) is 0 Å². The lowest BCUT2D eigenvalue weighted by Gasteiger charge is -2.43. The number of β-amino-alcohol motifs (C(OH)–C–C–N with tert-alkyl or cyclic N) is 1. The molecule has 4 atom stereocenters. The zero-order chi connectivity index (χ0) is 36.3. The fraction of sp³-hybridized carbons (Fsp3) is 0.553. The second-order valence-corrected chi connectivity index (χ2v) is 15.0. The molecule has 1 N–H and O–H groups in total. The van der Waals surface area contributed by atoms with Crippen LogP contribution in [-0.2, 0) is 16.0 Å². The molecule has 3 aromatic rings. The van der Waals surface area contributed by atoms with E-state index in [4.69, 9.17) is 14.5 Å². The molecular formula is C38H48F3N5O5. The minimum atomic E-state index is -1.43. The second kappa shape index (κ2) is 15.6. The number of nitrogens with zero attached hydrogens (tertiary/aromatic N) is 5. The summed E-state index contributed by atoms with van der Waals surface area (Å²) in [5.74, 6) is -1.72. The van der Waals surface area contributed by atoms with E-state index < -0.39 is 47.6 Å². The highest BCUT2D eigenvalue weighted by Crippen LogP contribution is 2.39. The van der Waals surface area contributed by atoms with Crippen LogP contribution < -0.4 is 0 Å². The number of aliphatic hydroxyl groups is 1. The number of urea groups is 1. The van der Waals surface area contributed by atoms with Crippen LogP contribution in [0.4, 0.5) is 22.8 Å². The van der Waals surface area contributed by atoms with Crippen LogP contribution in [0.3, 0.4) is 0 Å². The molecule has 3 saturated heterocycles. The number of alkyl halides is 1. The average Bonchev–Trinajstić information content (AvgIpc) is 3.68. The first-order valence-corrected chi connectivity index (χ1v) is 17.9. The number of carbonyl (C=O) groups is 2. The van der Waals surface area contributed by atoms with Crippen molar-refractivity contribution in [3.8, 4) is 11.3 Å². The van der Waals surface area contributed by atoms with Crippen molar-refractivity contribution in [3.63, 3.8) is 0 Å². The normalized spacial score (nSPS) is 22.2. The molecule has 10 nitrogen and oxygen atoms in total. The van der Waals surface area contributed by atoms with E-state index in [1.54, 1.807) is 36.8 Å². The lowest BCUT2D eigenvalue weighted by molar-refractivity contribution is 0.0127. The molecule has 3 aliphatic heterocycles. The summed E-state index contributed by atoms with van der Waals surface area (Å²) in [6, 6.07) is 11.7. The third-order valence-corrected chi connectivity index (χ3v) is 9.88. The third kappa shape index (κ3) is 8.86. The van der Waals surface area contributed by atoms with Crippen LogP contribution in [0.25, 0.3) is 11.3 Å². The number of likely N-dealkylation sites (tertiary alicyclic amines) is 2. The minimum Gasteiger partial charge on any atom is -0.444 e. The molecule has 6 rings (SSSR count). The minimum absolute atomic E-state index is 0.0153. The Labute approximate surface area is 297 Å². The Bertz CT molecular complexity index is 1660. The Morgan fingerprint density at radius 2 is 1.78 bits per heavy atom. The summed E-state index contributed by atoms with van der Waals surface area (Å²) in [5.41, 5.74) is 0.355. The van der Waals surface area contributed by atoms with Gasteiger partial charge in [0.05, 0.1) is 24.4 Å². The number of carbonyl (C=O) groups excluding carboxylic acids is 2. The zero-order valence-corrected chi connectivity index (χ0v) is 29.5. The molecule has 13 heteroatoms. The average molecular weight is 712 g/mol. The lowest BCUT2D eigenvalue weighted by atomic mass is 9.89. The topological polar surface area (TPSA) is 100 Å². The van der Waals surface area contributed by atoms with Gasteiger partial charge >= 0.3 is 12.1 Å². The number of hydrogen-bond donors (Lipinski definition) is 1. The van der Waals surface area contributed by atoms with Gasteiger partial charge in [-0.3, -0.25) is 0 Å². The van der Waals surface area contributed by atoms with E-state index >= 15 is 8.78 Å².